The highest BCUT2D eigenvalue weighted by Gasteiger charge is 2.27. The number of nitrogens with one attached hydrogen (secondary N) is 2. The molecule has 0 saturated carbocycles. The van der Waals surface area contributed by atoms with E-state index in [0.29, 0.717) is 17.5 Å². The highest BCUT2D eigenvalue weighted by Crippen LogP contribution is 2.10. The summed E-state index contributed by atoms with van der Waals surface area (Å²) in [5.74, 6) is -1.73. The van der Waals surface area contributed by atoms with Crippen molar-refractivity contribution in [1.82, 2.24) is 10.6 Å². The minimum Gasteiger partial charge on any atom is -0.480 e. The Morgan fingerprint density at radius 2 is 1.62 bits per heavy atom. The maximum Gasteiger partial charge on any atom is 0.408 e. The molecule has 32 heavy (non-hydrogen) atoms. The lowest BCUT2D eigenvalue weighted by Crippen LogP contribution is -2.52. The van der Waals surface area contributed by atoms with Gasteiger partial charge >= 0.3 is 12.1 Å². The number of ether oxygens (including phenoxy) is 1. The Bertz CT molecular complexity index is 952. The first-order chi connectivity index (χ1) is 15.3. The zero-order chi connectivity index (χ0) is 23.5. The molecule has 8 nitrogen and oxygen atoms in total. The van der Waals surface area contributed by atoms with Gasteiger partial charge in [-0.2, -0.15) is 5.26 Å². The number of aliphatic carboxylic acids is 1. The quantitative estimate of drug-likeness (QED) is 0.524. The second-order valence-electron chi connectivity index (χ2n) is 7.80. The van der Waals surface area contributed by atoms with Crippen LogP contribution in [-0.2, 0) is 27.4 Å². The lowest BCUT2D eigenvalue weighted by Gasteiger charge is -2.22. The average molecular weight is 437 g/mol. The summed E-state index contributed by atoms with van der Waals surface area (Å²) >= 11 is 0. The Morgan fingerprint density at radius 1 is 0.969 bits per heavy atom. The van der Waals surface area contributed by atoms with Gasteiger partial charge in [0.1, 0.15) is 18.7 Å². The Labute approximate surface area is 187 Å². The van der Waals surface area contributed by atoms with Crippen LogP contribution in [-0.4, -0.2) is 35.2 Å². The maximum atomic E-state index is 12.8. The number of nitriles is 1. The van der Waals surface area contributed by atoms with E-state index in [4.69, 9.17) is 10.00 Å². The maximum absolute atomic E-state index is 12.8. The molecule has 0 fully saturated rings. The topological polar surface area (TPSA) is 129 Å². The highest BCUT2D eigenvalue weighted by molar-refractivity contribution is 5.89. The minimum absolute atomic E-state index is 0.0413. The van der Waals surface area contributed by atoms with Crippen LogP contribution >= 0.6 is 0 Å². The summed E-state index contributed by atoms with van der Waals surface area (Å²) in [6.07, 6.45) is -0.400. The molecule has 0 aliphatic carbocycles. The number of hydrogen-bond donors (Lipinski definition) is 3. The van der Waals surface area contributed by atoms with Crippen LogP contribution in [0.15, 0.2) is 54.6 Å². The van der Waals surface area contributed by atoms with Crippen LogP contribution < -0.4 is 10.6 Å². The van der Waals surface area contributed by atoms with E-state index in [1.807, 2.05) is 50.2 Å². The largest absolute Gasteiger partial charge is 0.480 e. The van der Waals surface area contributed by atoms with Crippen molar-refractivity contribution in [1.29, 1.82) is 5.26 Å². The Hall–Kier alpha value is -3.86. The summed E-state index contributed by atoms with van der Waals surface area (Å²) in [6.45, 7) is 3.84. The molecule has 8 heteroatoms. The lowest BCUT2D eigenvalue weighted by molar-refractivity contribution is -0.142. The van der Waals surface area contributed by atoms with Crippen molar-refractivity contribution in [3.05, 3.63) is 71.3 Å². The second-order valence-corrected chi connectivity index (χ2v) is 7.80. The molecule has 0 spiro atoms. The summed E-state index contributed by atoms with van der Waals surface area (Å²) in [4.78, 5) is 36.7. The number of carboxylic acids is 1. The van der Waals surface area contributed by atoms with Gasteiger partial charge in [-0.3, -0.25) is 4.79 Å². The van der Waals surface area contributed by atoms with Gasteiger partial charge in [0.15, 0.2) is 0 Å². The van der Waals surface area contributed by atoms with Crippen LogP contribution in [0.5, 0.6) is 0 Å². The number of carbonyl (C=O) groups is 3. The standard InChI is InChI=1S/C24H27N3O5/c1-16(2)12-20(27-24(31)32-15-19-6-4-3-5-7-19)22(28)26-21(23(29)30)13-17-8-10-18(14-25)11-9-17/h3-11,16,20-21H,12-13,15H2,1-2H3,(H,26,28)(H,27,31)(H,29,30)/t20-,21-/m0/s1. The number of carbonyl (C=O) groups excluding carboxylic acids is 2. The monoisotopic (exact) mass is 437 g/mol. The molecule has 0 aromatic heterocycles. The van der Waals surface area contributed by atoms with Crippen LogP contribution in [0.25, 0.3) is 0 Å². The molecular formula is C24H27N3O5. The number of nitrogens with zero attached hydrogens (tertiary/aromatic N) is 1. The van der Waals surface area contributed by atoms with E-state index in [1.54, 1.807) is 24.3 Å². The molecule has 0 aliphatic heterocycles. The third-order valence-electron chi connectivity index (χ3n) is 4.67. The van der Waals surface area contributed by atoms with Gasteiger partial charge in [0, 0.05) is 6.42 Å². The SMILES string of the molecule is CC(C)C[C@H](NC(=O)OCc1ccccc1)C(=O)N[C@@H](Cc1ccc(C#N)cc1)C(=O)O. The van der Waals surface area contributed by atoms with Gasteiger partial charge in [-0.25, -0.2) is 9.59 Å². The van der Waals surface area contributed by atoms with Crippen LogP contribution in [0.4, 0.5) is 4.79 Å². The van der Waals surface area contributed by atoms with Crippen molar-refractivity contribution in [3.8, 4) is 6.07 Å². The third kappa shape index (κ3) is 8.11. The Kier molecular flexibility index (Phi) is 9.23. The predicted octanol–water partition coefficient (Wildman–Crippen LogP) is 3.01. The van der Waals surface area contributed by atoms with E-state index in [-0.39, 0.29) is 18.9 Å². The van der Waals surface area contributed by atoms with Crippen molar-refractivity contribution >= 4 is 18.0 Å². The Morgan fingerprint density at radius 3 is 2.19 bits per heavy atom. The number of amides is 2. The van der Waals surface area contributed by atoms with Gasteiger partial charge in [-0.1, -0.05) is 56.3 Å². The molecular weight excluding hydrogens is 410 g/mol. The molecule has 0 heterocycles. The number of rotatable bonds is 10. The molecule has 168 valence electrons. The van der Waals surface area contributed by atoms with Crippen LogP contribution in [0.1, 0.15) is 37.0 Å². The fourth-order valence-corrected chi connectivity index (χ4v) is 3.03. The molecule has 2 rings (SSSR count). The van der Waals surface area contributed by atoms with E-state index < -0.39 is 30.1 Å². The van der Waals surface area contributed by atoms with E-state index in [0.717, 1.165) is 5.56 Å². The van der Waals surface area contributed by atoms with Crippen molar-refractivity contribution in [2.75, 3.05) is 0 Å². The van der Waals surface area contributed by atoms with Gasteiger partial charge < -0.3 is 20.5 Å². The summed E-state index contributed by atoms with van der Waals surface area (Å²) in [5, 5.41) is 23.5. The zero-order valence-corrected chi connectivity index (χ0v) is 18.1. The van der Waals surface area contributed by atoms with E-state index in [1.165, 1.54) is 0 Å². The number of benzene rings is 2. The third-order valence-corrected chi connectivity index (χ3v) is 4.67. The van der Waals surface area contributed by atoms with Crippen LogP contribution in [0.2, 0.25) is 0 Å². The molecule has 0 radical (unpaired) electrons. The number of alkyl carbamates (subject to hydrolysis) is 1. The molecule has 0 aliphatic rings. The smallest absolute Gasteiger partial charge is 0.408 e. The van der Waals surface area contributed by atoms with Crippen molar-refractivity contribution < 1.29 is 24.2 Å². The predicted molar refractivity (Wildman–Crippen MR) is 117 cm³/mol. The molecule has 3 N–H and O–H groups in total. The van der Waals surface area contributed by atoms with Gasteiger partial charge in [0.25, 0.3) is 0 Å². The fourth-order valence-electron chi connectivity index (χ4n) is 3.03. The fraction of sp³-hybridized carbons (Fsp3) is 0.333. The van der Waals surface area contributed by atoms with Crippen molar-refractivity contribution in [2.45, 2.75) is 45.4 Å². The molecule has 2 aromatic carbocycles. The molecule has 2 atom stereocenters. The van der Waals surface area contributed by atoms with Crippen LogP contribution in [0.3, 0.4) is 0 Å². The molecule has 0 unspecified atom stereocenters. The number of hydrogen-bond acceptors (Lipinski definition) is 5. The van der Waals surface area contributed by atoms with Gasteiger partial charge in [0.2, 0.25) is 5.91 Å². The van der Waals surface area contributed by atoms with E-state index in [9.17, 15) is 19.5 Å². The minimum atomic E-state index is -1.20. The first-order valence-electron chi connectivity index (χ1n) is 10.3. The second kappa shape index (κ2) is 12.1. The molecule has 0 bridgehead atoms. The van der Waals surface area contributed by atoms with Crippen molar-refractivity contribution in [3.63, 3.8) is 0 Å². The normalized spacial score (nSPS) is 12.3. The lowest BCUT2D eigenvalue weighted by atomic mass is 10.0. The molecule has 2 aromatic rings. The van der Waals surface area contributed by atoms with Crippen molar-refractivity contribution in [2.24, 2.45) is 5.92 Å². The summed E-state index contributed by atoms with van der Waals surface area (Å²) in [7, 11) is 0. The summed E-state index contributed by atoms with van der Waals surface area (Å²) in [6, 6.07) is 15.4. The summed E-state index contributed by atoms with van der Waals surface area (Å²) in [5.41, 5.74) is 1.92. The summed E-state index contributed by atoms with van der Waals surface area (Å²) < 4.78 is 5.19. The van der Waals surface area contributed by atoms with E-state index >= 15 is 0 Å². The van der Waals surface area contributed by atoms with Gasteiger partial charge in [0.05, 0.1) is 11.6 Å². The van der Waals surface area contributed by atoms with Crippen LogP contribution in [0, 0.1) is 17.2 Å². The molecule has 0 saturated heterocycles. The van der Waals surface area contributed by atoms with Gasteiger partial charge in [-0.05, 0) is 35.6 Å². The molecule has 2 amide bonds. The first-order valence-corrected chi connectivity index (χ1v) is 10.3. The zero-order valence-electron chi connectivity index (χ0n) is 18.1. The first kappa shape index (κ1) is 24.4. The Balaban J connectivity index is 2.00. The average Bonchev–Trinajstić information content (AvgIpc) is 2.77. The van der Waals surface area contributed by atoms with Gasteiger partial charge in [-0.15, -0.1) is 0 Å². The number of carboxylic acid groups (broad SMARTS) is 1. The van der Waals surface area contributed by atoms with E-state index in [2.05, 4.69) is 10.6 Å². The highest BCUT2D eigenvalue weighted by atomic mass is 16.5.